The first-order valence-electron chi connectivity index (χ1n) is 12.4. The molecule has 0 aliphatic heterocycles. The van der Waals surface area contributed by atoms with E-state index in [4.69, 9.17) is 30.5 Å². The number of aryl methyl sites for hydroxylation is 1. The minimum atomic E-state index is -4.63. The van der Waals surface area contributed by atoms with Gasteiger partial charge < -0.3 is 18.9 Å². The number of alkyl halides is 3. The second-order valence-corrected chi connectivity index (χ2v) is 10.5. The van der Waals surface area contributed by atoms with Gasteiger partial charge in [0.15, 0.2) is 0 Å². The van der Waals surface area contributed by atoms with Crippen molar-refractivity contribution in [1.29, 1.82) is 0 Å². The van der Waals surface area contributed by atoms with E-state index in [2.05, 4.69) is 14.7 Å². The fraction of sp³-hybridized carbons (Fsp3) is 0.346. The van der Waals surface area contributed by atoms with Gasteiger partial charge in [0.25, 0.3) is 0 Å². The number of hydrogen-bond acceptors (Lipinski definition) is 9. The third kappa shape index (κ3) is 11.0. The van der Waals surface area contributed by atoms with Crippen LogP contribution in [0.15, 0.2) is 55.0 Å². The number of benzene rings is 1. The number of halogens is 4. The molecule has 0 atom stereocenters. The second kappa shape index (κ2) is 15.5. The number of carbonyl (C=O) groups excluding carboxylic acids is 1. The maximum absolute atomic E-state index is 13.0. The number of hydrogen-bond donors (Lipinski definition) is 2. The molecule has 1 amide bonds. The zero-order chi connectivity index (χ0) is 30.6. The standard InChI is InChI=1S/C26H28ClF3N4O7S/c1-38-13-14-39-21-5-4-19(23(16-21)41-24-22(27)15-20(17-32-24)26(28,29)30)3-2-12-40-25(35)34-42(36,37)33-11-8-18-6-9-31-10-7-18/h4-7,9-10,15-17,33H,2-3,8,11-14H2,1H3,(H,34,35). The Balaban J connectivity index is 1.57. The molecule has 3 rings (SSSR count). The summed E-state index contributed by atoms with van der Waals surface area (Å²) in [6.45, 7) is 0.459. The van der Waals surface area contributed by atoms with Gasteiger partial charge in [-0.1, -0.05) is 17.7 Å². The first kappa shape index (κ1) is 32.8. The molecule has 0 aliphatic carbocycles. The molecule has 11 nitrogen and oxygen atoms in total. The highest BCUT2D eigenvalue weighted by Crippen LogP contribution is 2.36. The maximum atomic E-state index is 13.0. The number of aromatic nitrogens is 2. The van der Waals surface area contributed by atoms with Crippen LogP contribution in [0.5, 0.6) is 17.4 Å². The van der Waals surface area contributed by atoms with Gasteiger partial charge in [-0.15, -0.1) is 0 Å². The maximum Gasteiger partial charge on any atom is 0.421 e. The summed E-state index contributed by atoms with van der Waals surface area (Å²) in [6, 6.07) is 9.01. The molecule has 0 bridgehead atoms. The molecule has 0 fully saturated rings. The predicted octanol–water partition coefficient (Wildman–Crippen LogP) is 4.70. The molecule has 16 heteroatoms. The lowest BCUT2D eigenvalue weighted by atomic mass is 10.1. The van der Waals surface area contributed by atoms with Gasteiger partial charge in [-0.25, -0.2) is 14.5 Å². The average molecular weight is 633 g/mol. The number of nitrogens with zero attached hydrogens (tertiary/aromatic N) is 2. The van der Waals surface area contributed by atoms with Crippen molar-refractivity contribution < 1.29 is 45.3 Å². The number of rotatable bonds is 15. The Morgan fingerprint density at radius 2 is 1.81 bits per heavy atom. The van der Waals surface area contributed by atoms with E-state index in [-0.39, 0.29) is 49.3 Å². The molecule has 3 aromatic rings. The molecule has 2 aromatic heterocycles. The highest BCUT2D eigenvalue weighted by Gasteiger charge is 2.32. The van der Waals surface area contributed by atoms with E-state index in [0.717, 1.165) is 5.56 Å². The molecule has 2 N–H and O–H groups in total. The lowest BCUT2D eigenvalue weighted by Gasteiger charge is -2.15. The summed E-state index contributed by atoms with van der Waals surface area (Å²) in [6.07, 6.45) is -1.10. The van der Waals surface area contributed by atoms with E-state index < -0.39 is 28.0 Å². The van der Waals surface area contributed by atoms with Crippen molar-refractivity contribution >= 4 is 27.9 Å². The highest BCUT2D eigenvalue weighted by atomic mass is 35.5. The summed E-state index contributed by atoms with van der Waals surface area (Å²) in [5.41, 5.74) is 0.406. The Labute approximate surface area is 245 Å². The van der Waals surface area contributed by atoms with Gasteiger partial charge in [-0.3, -0.25) is 4.98 Å². The third-order valence-corrected chi connectivity index (χ3v) is 6.72. The zero-order valence-corrected chi connectivity index (χ0v) is 23.9. The normalized spacial score (nSPS) is 11.6. The summed E-state index contributed by atoms with van der Waals surface area (Å²) < 4.78 is 88.4. The van der Waals surface area contributed by atoms with E-state index >= 15 is 0 Å². The minimum Gasteiger partial charge on any atom is -0.491 e. The van der Waals surface area contributed by atoms with Crippen LogP contribution in [-0.2, 0) is 38.7 Å². The van der Waals surface area contributed by atoms with E-state index in [1.54, 1.807) is 41.4 Å². The van der Waals surface area contributed by atoms with Gasteiger partial charge in [0.2, 0.25) is 5.88 Å². The molecule has 0 saturated heterocycles. The van der Waals surface area contributed by atoms with Crippen molar-refractivity contribution in [3.63, 3.8) is 0 Å². The quantitative estimate of drug-likeness (QED) is 0.228. The molecule has 0 aliphatic rings. The van der Waals surface area contributed by atoms with Crippen molar-refractivity contribution in [3.8, 4) is 17.4 Å². The summed E-state index contributed by atoms with van der Waals surface area (Å²) in [5, 5.41) is -0.350. The Morgan fingerprint density at radius 1 is 1.05 bits per heavy atom. The molecular formula is C26H28ClF3N4O7S. The summed E-state index contributed by atoms with van der Waals surface area (Å²) >= 11 is 6.00. The van der Waals surface area contributed by atoms with E-state index in [1.807, 2.05) is 0 Å². The average Bonchev–Trinajstić information content (AvgIpc) is 2.93. The van der Waals surface area contributed by atoms with Crippen LogP contribution in [0.25, 0.3) is 0 Å². The molecule has 0 spiro atoms. The van der Waals surface area contributed by atoms with Crippen LogP contribution in [0.2, 0.25) is 5.02 Å². The lowest BCUT2D eigenvalue weighted by Crippen LogP contribution is -2.41. The monoisotopic (exact) mass is 632 g/mol. The molecule has 0 unspecified atom stereocenters. The third-order valence-electron chi connectivity index (χ3n) is 5.43. The van der Waals surface area contributed by atoms with Crippen molar-refractivity contribution in [3.05, 3.63) is 76.7 Å². The summed E-state index contributed by atoms with van der Waals surface area (Å²) in [5.74, 6) is 0.341. The Hall–Kier alpha value is -3.66. The number of methoxy groups -OCH3 is 1. The molecule has 2 heterocycles. The Bertz CT molecular complexity index is 1430. The second-order valence-electron chi connectivity index (χ2n) is 8.57. The van der Waals surface area contributed by atoms with Crippen LogP contribution in [0.4, 0.5) is 18.0 Å². The fourth-order valence-corrected chi connectivity index (χ4v) is 4.34. The fourth-order valence-electron chi connectivity index (χ4n) is 3.41. The SMILES string of the molecule is COCCOc1ccc(CCCOC(=O)NS(=O)(=O)NCCc2ccncc2)c(Oc2ncc(C(F)(F)F)cc2Cl)c1. The number of nitrogens with one attached hydrogen (secondary N) is 2. The van der Waals surface area contributed by atoms with E-state index in [1.165, 1.54) is 13.2 Å². The van der Waals surface area contributed by atoms with Crippen molar-refractivity contribution in [1.82, 2.24) is 19.4 Å². The number of carbonyl (C=O) groups is 1. The minimum absolute atomic E-state index is 0.0540. The molecule has 0 radical (unpaired) electrons. The predicted molar refractivity (Wildman–Crippen MR) is 146 cm³/mol. The van der Waals surface area contributed by atoms with Gasteiger partial charge in [0.05, 0.1) is 18.8 Å². The van der Waals surface area contributed by atoms with Crippen LogP contribution >= 0.6 is 11.6 Å². The van der Waals surface area contributed by atoms with Crippen LogP contribution in [0, 0.1) is 0 Å². The van der Waals surface area contributed by atoms with E-state index in [0.29, 0.717) is 36.6 Å². The lowest BCUT2D eigenvalue weighted by molar-refractivity contribution is -0.137. The molecule has 228 valence electrons. The Morgan fingerprint density at radius 3 is 2.50 bits per heavy atom. The first-order valence-corrected chi connectivity index (χ1v) is 14.3. The van der Waals surface area contributed by atoms with Crippen molar-refractivity contribution in [2.45, 2.75) is 25.4 Å². The summed E-state index contributed by atoms with van der Waals surface area (Å²) in [7, 11) is -2.62. The summed E-state index contributed by atoms with van der Waals surface area (Å²) in [4.78, 5) is 19.6. The van der Waals surface area contributed by atoms with Gasteiger partial charge >= 0.3 is 22.5 Å². The Kier molecular flexibility index (Phi) is 12.2. The number of ether oxygens (including phenoxy) is 4. The van der Waals surface area contributed by atoms with Gasteiger partial charge in [-0.2, -0.15) is 26.3 Å². The highest BCUT2D eigenvalue weighted by molar-refractivity contribution is 7.88. The van der Waals surface area contributed by atoms with Gasteiger partial charge in [-0.05, 0) is 54.7 Å². The molecule has 0 saturated carbocycles. The van der Waals surface area contributed by atoms with Gasteiger partial charge in [0.1, 0.15) is 23.1 Å². The van der Waals surface area contributed by atoms with Gasteiger partial charge in [0, 0.05) is 38.3 Å². The smallest absolute Gasteiger partial charge is 0.421 e. The van der Waals surface area contributed by atoms with Crippen LogP contribution in [0.3, 0.4) is 0 Å². The van der Waals surface area contributed by atoms with Crippen LogP contribution < -0.4 is 18.9 Å². The number of pyridine rings is 2. The van der Waals surface area contributed by atoms with Crippen molar-refractivity contribution in [2.75, 3.05) is 33.5 Å². The molecule has 42 heavy (non-hydrogen) atoms. The van der Waals surface area contributed by atoms with Crippen LogP contribution in [0.1, 0.15) is 23.1 Å². The van der Waals surface area contributed by atoms with E-state index in [9.17, 15) is 26.4 Å². The van der Waals surface area contributed by atoms with Crippen LogP contribution in [-0.4, -0.2) is 58.0 Å². The van der Waals surface area contributed by atoms with Crippen molar-refractivity contribution in [2.24, 2.45) is 0 Å². The number of amides is 1. The first-order chi connectivity index (χ1) is 20.0. The topological polar surface area (TPSA) is 138 Å². The zero-order valence-electron chi connectivity index (χ0n) is 22.3. The molecule has 1 aromatic carbocycles. The largest absolute Gasteiger partial charge is 0.491 e. The molecular weight excluding hydrogens is 605 g/mol.